The largest absolute Gasteiger partial charge is 0.382 e. The Morgan fingerprint density at radius 1 is 1.27 bits per heavy atom. The van der Waals surface area contributed by atoms with E-state index in [9.17, 15) is 4.79 Å². The summed E-state index contributed by atoms with van der Waals surface area (Å²) < 4.78 is 0. The van der Waals surface area contributed by atoms with Gasteiger partial charge in [-0.1, -0.05) is 18.3 Å². The molecule has 4 fully saturated rings. The minimum absolute atomic E-state index is 0.114. The number of ketones is 1. The third-order valence-corrected chi connectivity index (χ3v) is 6.93. The van der Waals surface area contributed by atoms with Crippen molar-refractivity contribution in [3.63, 3.8) is 0 Å². The molecule has 0 aliphatic heterocycles. The minimum atomic E-state index is -0.114. The second kappa shape index (κ2) is 5.22. The average Bonchev–Trinajstić information content (AvgIpc) is 2.84. The number of hydrogen-bond donors (Lipinski definition) is 2. The van der Waals surface area contributed by atoms with E-state index < -0.39 is 0 Å². The van der Waals surface area contributed by atoms with Gasteiger partial charge in [-0.2, -0.15) is 0 Å². The highest BCUT2D eigenvalue weighted by Crippen LogP contribution is 2.61. The standard InChI is InChI=1S/C17H25N3OS/c1-2-3-19-16-20-15(18)13(22-16)14(21)17-7-10-4-11(8-17)6-12(5-10)9-17/h10-12H,2-9,18H2,1H3,(H,19,20). The van der Waals surface area contributed by atoms with E-state index in [1.807, 2.05) is 0 Å². The van der Waals surface area contributed by atoms with Crippen LogP contribution < -0.4 is 11.1 Å². The number of nitrogens with two attached hydrogens (primary N) is 1. The lowest BCUT2D eigenvalue weighted by Crippen LogP contribution is -2.49. The van der Waals surface area contributed by atoms with Gasteiger partial charge in [0, 0.05) is 12.0 Å². The average molecular weight is 319 g/mol. The van der Waals surface area contributed by atoms with Crippen molar-refractivity contribution in [3.8, 4) is 0 Å². The molecule has 4 saturated carbocycles. The molecule has 4 aliphatic rings. The summed E-state index contributed by atoms with van der Waals surface area (Å²) in [5.74, 6) is 3.07. The molecule has 5 heteroatoms. The first-order valence-corrected chi connectivity index (χ1v) is 9.46. The van der Waals surface area contributed by atoms with Gasteiger partial charge in [0.15, 0.2) is 10.9 Å². The molecule has 0 unspecified atom stereocenters. The van der Waals surface area contributed by atoms with Crippen LogP contribution in [0.3, 0.4) is 0 Å². The van der Waals surface area contributed by atoms with E-state index in [1.165, 1.54) is 30.6 Å². The number of nitrogens with zero attached hydrogens (tertiary/aromatic N) is 1. The van der Waals surface area contributed by atoms with Crippen LogP contribution in [0.1, 0.15) is 61.5 Å². The van der Waals surface area contributed by atoms with Gasteiger partial charge in [0.1, 0.15) is 10.7 Å². The van der Waals surface area contributed by atoms with Gasteiger partial charge >= 0.3 is 0 Å². The minimum Gasteiger partial charge on any atom is -0.382 e. The molecular weight excluding hydrogens is 294 g/mol. The van der Waals surface area contributed by atoms with Gasteiger partial charge in [-0.25, -0.2) is 4.98 Å². The summed E-state index contributed by atoms with van der Waals surface area (Å²) in [5, 5.41) is 4.06. The molecule has 0 amide bonds. The second-order valence-electron chi connectivity index (χ2n) is 7.69. The van der Waals surface area contributed by atoms with Gasteiger partial charge in [0.25, 0.3) is 0 Å². The summed E-state index contributed by atoms with van der Waals surface area (Å²) in [4.78, 5) is 18.3. The molecule has 120 valence electrons. The Morgan fingerprint density at radius 2 is 1.86 bits per heavy atom. The normalized spacial score (nSPS) is 35.8. The molecular formula is C17H25N3OS. The number of Topliss-reactive ketones (excluding diaryl/α,β-unsaturated/α-hetero) is 1. The van der Waals surface area contributed by atoms with Crippen LogP contribution in [0.5, 0.6) is 0 Å². The molecule has 3 N–H and O–H groups in total. The summed E-state index contributed by atoms with van der Waals surface area (Å²) in [7, 11) is 0. The third kappa shape index (κ3) is 2.25. The number of thiazole rings is 1. The first kappa shape index (κ1) is 14.5. The van der Waals surface area contributed by atoms with E-state index in [-0.39, 0.29) is 5.41 Å². The van der Waals surface area contributed by atoms with Crippen LogP contribution >= 0.6 is 11.3 Å². The Labute approximate surface area is 135 Å². The highest BCUT2D eigenvalue weighted by molar-refractivity contribution is 7.18. The lowest BCUT2D eigenvalue weighted by Gasteiger charge is -2.55. The van der Waals surface area contributed by atoms with Crippen LogP contribution in [0.2, 0.25) is 0 Å². The van der Waals surface area contributed by atoms with E-state index in [1.54, 1.807) is 0 Å². The summed E-state index contributed by atoms with van der Waals surface area (Å²) in [6, 6.07) is 0. The lowest BCUT2D eigenvalue weighted by atomic mass is 9.48. The number of hydrogen-bond acceptors (Lipinski definition) is 5. The smallest absolute Gasteiger partial charge is 0.185 e. The van der Waals surface area contributed by atoms with E-state index in [4.69, 9.17) is 5.73 Å². The lowest BCUT2D eigenvalue weighted by molar-refractivity contribution is -0.0350. The molecule has 1 aromatic heterocycles. The van der Waals surface area contributed by atoms with Crippen molar-refractivity contribution in [1.29, 1.82) is 0 Å². The van der Waals surface area contributed by atoms with Crippen molar-refractivity contribution in [2.75, 3.05) is 17.6 Å². The van der Waals surface area contributed by atoms with Crippen LogP contribution in [0.15, 0.2) is 0 Å². The van der Waals surface area contributed by atoms with Gasteiger partial charge in [-0.05, 0) is 62.7 Å². The van der Waals surface area contributed by atoms with Gasteiger partial charge in [-0.3, -0.25) is 4.79 Å². The van der Waals surface area contributed by atoms with E-state index in [2.05, 4.69) is 17.2 Å². The number of rotatable bonds is 5. The van der Waals surface area contributed by atoms with E-state index in [0.29, 0.717) is 16.5 Å². The topological polar surface area (TPSA) is 68.0 Å². The Kier molecular flexibility index (Phi) is 3.44. The molecule has 4 aliphatic carbocycles. The van der Waals surface area contributed by atoms with Crippen LogP contribution in [-0.4, -0.2) is 17.3 Å². The Morgan fingerprint density at radius 3 is 2.41 bits per heavy atom. The van der Waals surface area contributed by atoms with Crippen molar-refractivity contribution < 1.29 is 4.79 Å². The maximum Gasteiger partial charge on any atom is 0.185 e. The predicted octanol–water partition coefficient (Wildman–Crippen LogP) is 3.95. The molecule has 1 heterocycles. The summed E-state index contributed by atoms with van der Waals surface area (Å²) in [5.41, 5.74) is 5.96. The van der Waals surface area contributed by atoms with Gasteiger partial charge in [0.05, 0.1) is 0 Å². The first-order chi connectivity index (χ1) is 10.6. The number of carbonyl (C=O) groups excluding carboxylic acids is 1. The molecule has 4 bridgehead atoms. The van der Waals surface area contributed by atoms with Crippen LogP contribution in [0.25, 0.3) is 0 Å². The van der Waals surface area contributed by atoms with E-state index in [0.717, 1.165) is 55.1 Å². The fourth-order valence-electron chi connectivity index (χ4n) is 5.43. The van der Waals surface area contributed by atoms with Crippen molar-refractivity contribution in [2.45, 2.75) is 51.9 Å². The molecule has 4 nitrogen and oxygen atoms in total. The Bertz CT molecular complexity index is 559. The molecule has 1 aromatic rings. The number of anilines is 2. The number of carbonyl (C=O) groups is 1. The predicted molar refractivity (Wildman–Crippen MR) is 90.2 cm³/mol. The molecule has 0 saturated heterocycles. The first-order valence-electron chi connectivity index (χ1n) is 8.64. The second-order valence-corrected chi connectivity index (χ2v) is 8.69. The number of nitrogen functional groups attached to an aromatic ring is 1. The van der Waals surface area contributed by atoms with Gasteiger partial charge < -0.3 is 11.1 Å². The molecule has 0 aromatic carbocycles. The quantitative estimate of drug-likeness (QED) is 0.806. The van der Waals surface area contributed by atoms with Crippen LogP contribution in [0, 0.1) is 23.2 Å². The molecule has 0 spiro atoms. The van der Waals surface area contributed by atoms with Crippen molar-refractivity contribution in [1.82, 2.24) is 4.98 Å². The zero-order chi connectivity index (χ0) is 15.3. The SMILES string of the molecule is CCCNc1nc(N)c(C(=O)C23CC4CC(CC(C4)C2)C3)s1. The fourth-order valence-corrected chi connectivity index (χ4v) is 6.40. The zero-order valence-corrected chi connectivity index (χ0v) is 14.0. The van der Waals surface area contributed by atoms with Gasteiger partial charge in [-0.15, -0.1) is 0 Å². The maximum atomic E-state index is 13.3. The zero-order valence-electron chi connectivity index (χ0n) is 13.2. The maximum absolute atomic E-state index is 13.3. The van der Waals surface area contributed by atoms with Crippen molar-refractivity contribution >= 4 is 28.1 Å². The summed E-state index contributed by atoms with van der Waals surface area (Å²) >= 11 is 1.46. The molecule has 5 rings (SSSR count). The van der Waals surface area contributed by atoms with E-state index >= 15 is 0 Å². The van der Waals surface area contributed by atoms with Crippen LogP contribution in [0.4, 0.5) is 10.9 Å². The Hall–Kier alpha value is -1.10. The third-order valence-electron chi connectivity index (χ3n) is 5.91. The summed E-state index contributed by atoms with van der Waals surface area (Å²) in [6.07, 6.45) is 8.38. The molecule has 22 heavy (non-hydrogen) atoms. The number of aromatic nitrogens is 1. The molecule has 0 radical (unpaired) electrons. The van der Waals surface area contributed by atoms with Gasteiger partial charge in [0.2, 0.25) is 0 Å². The highest BCUT2D eigenvalue weighted by atomic mass is 32.1. The highest BCUT2D eigenvalue weighted by Gasteiger charge is 2.55. The van der Waals surface area contributed by atoms with Crippen molar-refractivity contribution in [3.05, 3.63) is 4.88 Å². The Balaban J connectivity index is 1.60. The summed E-state index contributed by atoms with van der Waals surface area (Å²) in [6.45, 7) is 2.99. The fraction of sp³-hybridized carbons (Fsp3) is 0.765. The molecule has 0 atom stereocenters. The van der Waals surface area contributed by atoms with Crippen LogP contribution in [-0.2, 0) is 0 Å². The number of nitrogens with one attached hydrogen (secondary N) is 1. The monoisotopic (exact) mass is 319 g/mol. The van der Waals surface area contributed by atoms with Crippen molar-refractivity contribution in [2.24, 2.45) is 23.2 Å².